The Bertz CT molecular complexity index is 1150. The Kier molecular flexibility index (Phi) is 4.91. The Hall–Kier alpha value is -2.55. The molecule has 4 aromatic rings. The third kappa shape index (κ3) is 3.71. The van der Waals surface area contributed by atoms with Crippen LogP contribution in [0.5, 0.6) is 0 Å². The molecule has 0 unspecified atom stereocenters. The van der Waals surface area contributed by atoms with Crippen molar-refractivity contribution in [2.24, 2.45) is 0 Å². The first kappa shape index (κ1) is 18.5. The summed E-state index contributed by atoms with van der Waals surface area (Å²) in [6, 6.07) is 5.93. The fourth-order valence-corrected chi connectivity index (χ4v) is 4.97. The first-order chi connectivity index (χ1) is 14.2. The van der Waals surface area contributed by atoms with Gasteiger partial charge in [0.15, 0.2) is 0 Å². The molecule has 3 aromatic heterocycles. The van der Waals surface area contributed by atoms with E-state index in [2.05, 4.69) is 42.4 Å². The van der Waals surface area contributed by atoms with Crippen molar-refractivity contribution in [1.29, 1.82) is 0 Å². The number of aromatic amines is 1. The van der Waals surface area contributed by atoms with Crippen molar-refractivity contribution in [3.63, 3.8) is 0 Å². The SMILES string of the molecule is CN1CCC(c2ncc(-c3nc(Nc4cccc5cn[nH]c45)ncc3Cl)s2)CC1. The van der Waals surface area contributed by atoms with Gasteiger partial charge in [-0.1, -0.05) is 23.7 Å². The van der Waals surface area contributed by atoms with E-state index >= 15 is 0 Å². The van der Waals surface area contributed by atoms with Crippen molar-refractivity contribution in [3.8, 4) is 10.6 Å². The van der Waals surface area contributed by atoms with Crippen LogP contribution in [0.1, 0.15) is 23.8 Å². The fourth-order valence-electron chi connectivity index (χ4n) is 3.64. The zero-order valence-electron chi connectivity index (χ0n) is 15.9. The van der Waals surface area contributed by atoms with Crippen molar-refractivity contribution in [1.82, 2.24) is 30.0 Å². The average molecular weight is 426 g/mol. The van der Waals surface area contributed by atoms with Crippen LogP contribution in [-0.4, -0.2) is 50.2 Å². The summed E-state index contributed by atoms with van der Waals surface area (Å²) in [6.07, 6.45) is 7.58. The van der Waals surface area contributed by atoms with Gasteiger partial charge < -0.3 is 10.2 Å². The van der Waals surface area contributed by atoms with Crippen LogP contribution in [0.2, 0.25) is 5.02 Å². The normalized spacial score (nSPS) is 15.8. The van der Waals surface area contributed by atoms with Crippen molar-refractivity contribution in [2.75, 3.05) is 25.5 Å². The number of fused-ring (bicyclic) bond motifs is 1. The maximum absolute atomic E-state index is 6.43. The van der Waals surface area contributed by atoms with E-state index in [1.54, 1.807) is 23.7 Å². The summed E-state index contributed by atoms with van der Waals surface area (Å²) in [5, 5.41) is 13.1. The minimum absolute atomic E-state index is 0.487. The standard InChI is InChI=1S/C20H20ClN7S/c1-28-7-5-12(6-8-28)19-22-11-16(29-19)18-14(21)10-23-20(26-18)25-15-4-2-3-13-9-24-27-17(13)15/h2-4,9-12H,5-8H2,1H3,(H,24,27)(H,23,25,26). The summed E-state index contributed by atoms with van der Waals surface area (Å²) in [4.78, 5) is 17.0. The number of anilines is 2. The maximum Gasteiger partial charge on any atom is 0.227 e. The van der Waals surface area contributed by atoms with Crippen molar-refractivity contribution in [2.45, 2.75) is 18.8 Å². The summed E-state index contributed by atoms with van der Waals surface area (Å²) in [7, 11) is 2.17. The van der Waals surface area contributed by atoms with Crippen LogP contribution in [0.4, 0.5) is 11.6 Å². The van der Waals surface area contributed by atoms with E-state index < -0.39 is 0 Å². The molecule has 29 heavy (non-hydrogen) atoms. The highest BCUT2D eigenvalue weighted by atomic mass is 35.5. The molecule has 0 atom stereocenters. The summed E-state index contributed by atoms with van der Waals surface area (Å²) in [5.41, 5.74) is 2.48. The van der Waals surface area contributed by atoms with Gasteiger partial charge in [0.2, 0.25) is 5.95 Å². The lowest BCUT2D eigenvalue weighted by atomic mass is 9.98. The summed E-state index contributed by atoms with van der Waals surface area (Å²) >= 11 is 8.11. The predicted molar refractivity (Wildman–Crippen MR) is 117 cm³/mol. The van der Waals surface area contributed by atoms with E-state index in [1.807, 2.05) is 24.4 Å². The average Bonchev–Trinajstić information content (AvgIpc) is 3.40. The van der Waals surface area contributed by atoms with Gasteiger partial charge in [-0.25, -0.2) is 15.0 Å². The molecule has 0 aliphatic carbocycles. The second-order valence-electron chi connectivity index (χ2n) is 7.30. The van der Waals surface area contributed by atoms with Crippen LogP contribution in [0, 0.1) is 0 Å². The molecule has 1 fully saturated rings. The van der Waals surface area contributed by atoms with Gasteiger partial charge in [-0.3, -0.25) is 5.10 Å². The number of hydrogen-bond acceptors (Lipinski definition) is 7. The number of H-pyrrole nitrogens is 1. The zero-order chi connectivity index (χ0) is 19.8. The number of nitrogens with one attached hydrogen (secondary N) is 2. The van der Waals surface area contributed by atoms with Gasteiger partial charge in [-0.2, -0.15) is 5.10 Å². The highest BCUT2D eigenvalue weighted by molar-refractivity contribution is 7.15. The first-order valence-electron chi connectivity index (χ1n) is 9.53. The first-order valence-corrected chi connectivity index (χ1v) is 10.7. The van der Waals surface area contributed by atoms with Crippen molar-refractivity contribution >= 4 is 45.5 Å². The zero-order valence-corrected chi connectivity index (χ0v) is 17.5. The van der Waals surface area contributed by atoms with Gasteiger partial charge in [0, 0.05) is 17.5 Å². The predicted octanol–water partition coefficient (Wildman–Crippen LogP) is 4.68. The summed E-state index contributed by atoms with van der Waals surface area (Å²) in [5.74, 6) is 1.00. The van der Waals surface area contributed by atoms with Crippen LogP contribution in [0.3, 0.4) is 0 Å². The highest BCUT2D eigenvalue weighted by Gasteiger charge is 2.22. The van der Waals surface area contributed by atoms with E-state index in [1.165, 1.54) is 5.01 Å². The minimum Gasteiger partial charge on any atom is -0.322 e. The van der Waals surface area contributed by atoms with Crippen molar-refractivity contribution in [3.05, 3.63) is 46.8 Å². The smallest absolute Gasteiger partial charge is 0.227 e. The number of halogens is 1. The van der Waals surface area contributed by atoms with E-state index in [-0.39, 0.29) is 0 Å². The molecule has 1 aromatic carbocycles. The lowest BCUT2D eigenvalue weighted by molar-refractivity contribution is 0.255. The number of likely N-dealkylation sites (tertiary alicyclic amines) is 1. The second-order valence-corrected chi connectivity index (χ2v) is 8.76. The maximum atomic E-state index is 6.43. The molecule has 4 heterocycles. The van der Waals surface area contributed by atoms with E-state index in [0.29, 0.717) is 22.6 Å². The number of hydrogen-bond donors (Lipinski definition) is 2. The van der Waals surface area contributed by atoms with Gasteiger partial charge in [-0.15, -0.1) is 11.3 Å². The number of rotatable bonds is 4. The monoisotopic (exact) mass is 425 g/mol. The Balaban J connectivity index is 1.42. The van der Waals surface area contributed by atoms with Crippen LogP contribution in [0.25, 0.3) is 21.5 Å². The van der Waals surface area contributed by atoms with Crippen LogP contribution in [-0.2, 0) is 0 Å². The Labute approximate surface area is 177 Å². The Morgan fingerprint density at radius 1 is 1.17 bits per heavy atom. The van der Waals surface area contributed by atoms with Crippen LogP contribution < -0.4 is 5.32 Å². The number of piperidine rings is 1. The molecule has 0 radical (unpaired) electrons. The molecular formula is C20H20ClN7S. The summed E-state index contributed by atoms with van der Waals surface area (Å²) in [6.45, 7) is 2.22. The molecule has 2 N–H and O–H groups in total. The van der Waals surface area contributed by atoms with Gasteiger partial charge in [0.25, 0.3) is 0 Å². The van der Waals surface area contributed by atoms with Gasteiger partial charge in [-0.05, 0) is 39.0 Å². The van der Waals surface area contributed by atoms with Gasteiger partial charge in [0.05, 0.1) is 38.5 Å². The largest absolute Gasteiger partial charge is 0.322 e. The van der Waals surface area contributed by atoms with Crippen LogP contribution >= 0.6 is 22.9 Å². The number of para-hydroxylation sites is 1. The molecule has 0 bridgehead atoms. The van der Waals surface area contributed by atoms with Crippen molar-refractivity contribution < 1.29 is 0 Å². The molecule has 0 saturated carbocycles. The molecule has 0 amide bonds. The van der Waals surface area contributed by atoms with Gasteiger partial charge >= 0.3 is 0 Å². The van der Waals surface area contributed by atoms with Gasteiger partial charge in [0.1, 0.15) is 5.69 Å². The number of aromatic nitrogens is 5. The molecule has 1 aliphatic rings. The lowest BCUT2D eigenvalue weighted by Gasteiger charge is -2.27. The second kappa shape index (κ2) is 7.70. The van der Waals surface area contributed by atoms with Crippen LogP contribution in [0.15, 0.2) is 36.8 Å². The fraction of sp³-hybridized carbons (Fsp3) is 0.300. The van der Waals surface area contributed by atoms with E-state index in [4.69, 9.17) is 11.6 Å². The third-order valence-corrected chi connectivity index (χ3v) is 6.74. The molecule has 5 rings (SSSR count). The quantitative estimate of drug-likeness (QED) is 0.493. The molecule has 148 valence electrons. The molecule has 9 heteroatoms. The molecule has 0 spiro atoms. The Morgan fingerprint density at radius 2 is 2.03 bits per heavy atom. The van der Waals surface area contributed by atoms with E-state index in [9.17, 15) is 0 Å². The number of nitrogens with zero attached hydrogens (tertiary/aromatic N) is 5. The molecule has 7 nitrogen and oxygen atoms in total. The number of thiazole rings is 1. The van der Waals surface area contributed by atoms with E-state index in [0.717, 1.165) is 47.4 Å². The lowest BCUT2D eigenvalue weighted by Crippen LogP contribution is -2.29. The number of benzene rings is 1. The molecular weight excluding hydrogens is 406 g/mol. The minimum atomic E-state index is 0.487. The topological polar surface area (TPSA) is 82.6 Å². The highest BCUT2D eigenvalue weighted by Crippen LogP contribution is 2.36. The molecule has 1 aliphatic heterocycles. The third-order valence-electron chi connectivity index (χ3n) is 5.29. The molecule has 1 saturated heterocycles. The Morgan fingerprint density at radius 3 is 2.90 bits per heavy atom. The summed E-state index contributed by atoms with van der Waals surface area (Å²) < 4.78 is 0.